The number of hydrogen-bond acceptors (Lipinski definition) is 3. The van der Waals surface area contributed by atoms with E-state index in [0.29, 0.717) is 6.61 Å². The average molecular weight is 210 g/mol. The molecule has 1 aromatic rings. The van der Waals surface area contributed by atoms with Crippen molar-refractivity contribution in [2.75, 3.05) is 20.3 Å². The molecule has 1 rings (SSSR count). The van der Waals surface area contributed by atoms with Crippen molar-refractivity contribution in [2.45, 2.75) is 19.8 Å². The molecule has 3 heteroatoms. The van der Waals surface area contributed by atoms with Crippen LogP contribution in [-0.2, 0) is 6.42 Å². The van der Waals surface area contributed by atoms with Gasteiger partial charge in [0, 0.05) is 12.2 Å². The van der Waals surface area contributed by atoms with Gasteiger partial charge in [0.05, 0.1) is 13.7 Å². The van der Waals surface area contributed by atoms with E-state index in [-0.39, 0.29) is 6.61 Å². The van der Waals surface area contributed by atoms with Crippen LogP contribution < -0.4 is 9.47 Å². The summed E-state index contributed by atoms with van der Waals surface area (Å²) in [5.74, 6) is 1.68. The molecule has 3 nitrogen and oxygen atoms in total. The molecule has 0 aliphatic carbocycles. The zero-order valence-corrected chi connectivity index (χ0v) is 9.32. The number of benzene rings is 1. The maximum absolute atomic E-state index is 8.83. The molecule has 15 heavy (non-hydrogen) atoms. The molecule has 0 aliphatic rings. The predicted molar refractivity (Wildman–Crippen MR) is 59.6 cm³/mol. The number of aliphatic hydroxyl groups is 1. The van der Waals surface area contributed by atoms with Crippen molar-refractivity contribution < 1.29 is 14.6 Å². The van der Waals surface area contributed by atoms with E-state index in [1.54, 1.807) is 7.11 Å². The van der Waals surface area contributed by atoms with Gasteiger partial charge in [-0.15, -0.1) is 0 Å². The molecule has 0 bridgehead atoms. The molecule has 0 unspecified atom stereocenters. The summed E-state index contributed by atoms with van der Waals surface area (Å²) in [6.45, 7) is 2.78. The fourth-order valence-electron chi connectivity index (χ4n) is 1.53. The third-order valence-corrected chi connectivity index (χ3v) is 2.19. The molecule has 0 amide bonds. The lowest BCUT2D eigenvalue weighted by Crippen LogP contribution is -2.00. The first-order chi connectivity index (χ1) is 7.33. The Bertz CT molecular complexity index is 297. The van der Waals surface area contributed by atoms with Crippen LogP contribution >= 0.6 is 0 Å². The van der Waals surface area contributed by atoms with Crippen LogP contribution in [0.15, 0.2) is 18.2 Å². The summed E-state index contributed by atoms with van der Waals surface area (Å²) in [7, 11) is 1.65. The monoisotopic (exact) mass is 210 g/mol. The summed E-state index contributed by atoms with van der Waals surface area (Å²) in [6, 6.07) is 5.75. The van der Waals surface area contributed by atoms with Gasteiger partial charge in [-0.2, -0.15) is 0 Å². The molecular weight excluding hydrogens is 192 g/mol. The lowest BCUT2D eigenvalue weighted by atomic mass is 10.1. The van der Waals surface area contributed by atoms with Gasteiger partial charge in [0.15, 0.2) is 0 Å². The van der Waals surface area contributed by atoms with Crippen molar-refractivity contribution in [1.82, 2.24) is 0 Å². The van der Waals surface area contributed by atoms with Crippen LogP contribution in [0.5, 0.6) is 11.5 Å². The largest absolute Gasteiger partial charge is 0.496 e. The molecule has 0 aromatic heterocycles. The van der Waals surface area contributed by atoms with Crippen LogP contribution in [0.25, 0.3) is 0 Å². The van der Waals surface area contributed by atoms with E-state index >= 15 is 0 Å². The minimum absolute atomic E-state index is 0.184. The number of ether oxygens (including phenoxy) is 2. The minimum atomic E-state index is 0.184. The summed E-state index contributed by atoms with van der Waals surface area (Å²) in [6.07, 6.45) is 1.50. The maximum Gasteiger partial charge on any atom is 0.126 e. The van der Waals surface area contributed by atoms with Gasteiger partial charge in [0.2, 0.25) is 0 Å². The van der Waals surface area contributed by atoms with Crippen molar-refractivity contribution in [3.8, 4) is 11.5 Å². The fraction of sp³-hybridized carbons (Fsp3) is 0.500. The molecule has 0 fully saturated rings. The maximum atomic E-state index is 8.83. The van der Waals surface area contributed by atoms with Crippen molar-refractivity contribution in [3.05, 3.63) is 23.8 Å². The van der Waals surface area contributed by atoms with E-state index in [2.05, 4.69) is 0 Å². The van der Waals surface area contributed by atoms with Gasteiger partial charge in [-0.1, -0.05) is 6.07 Å². The van der Waals surface area contributed by atoms with Crippen LogP contribution in [0.2, 0.25) is 0 Å². The molecular formula is C12H18O3. The lowest BCUT2D eigenvalue weighted by Gasteiger charge is -2.13. The SMILES string of the molecule is CCOc1cccc(OC)c1CCCO. The molecule has 1 aromatic carbocycles. The van der Waals surface area contributed by atoms with Crippen LogP contribution in [-0.4, -0.2) is 25.4 Å². The average Bonchev–Trinajstić information content (AvgIpc) is 2.27. The second-order valence-corrected chi connectivity index (χ2v) is 3.20. The van der Waals surface area contributed by atoms with Gasteiger partial charge < -0.3 is 14.6 Å². The molecule has 84 valence electrons. The summed E-state index contributed by atoms with van der Waals surface area (Å²) in [5, 5.41) is 8.83. The Balaban J connectivity index is 2.92. The predicted octanol–water partition coefficient (Wildman–Crippen LogP) is 2.02. The summed E-state index contributed by atoms with van der Waals surface area (Å²) < 4.78 is 10.8. The molecule has 0 saturated heterocycles. The quantitative estimate of drug-likeness (QED) is 0.780. The Hall–Kier alpha value is -1.22. The Morgan fingerprint density at radius 2 is 2.00 bits per heavy atom. The normalized spacial score (nSPS) is 10.1. The third kappa shape index (κ3) is 3.13. The highest BCUT2D eigenvalue weighted by Crippen LogP contribution is 2.29. The van der Waals surface area contributed by atoms with Gasteiger partial charge in [0.1, 0.15) is 11.5 Å². The van der Waals surface area contributed by atoms with Crippen molar-refractivity contribution in [3.63, 3.8) is 0 Å². The molecule has 0 atom stereocenters. The van der Waals surface area contributed by atoms with Crippen LogP contribution in [0.1, 0.15) is 18.9 Å². The summed E-state index contributed by atoms with van der Waals surface area (Å²) >= 11 is 0. The third-order valence-electron chi connectivity index (χ3n) is 2.19. The molecule has 0 heterocycles. The van der Waals surface area contributed by atoms with Gasteiger partial charge in [-0.25, -0.2) is 0 Å². The van der Waals surface area contributed by atoms with Crippen LogP contribution in [0, 0.1) is 0 Å². The van der Waals surface area contributed by atoms with Crippen molar-refractivity contribution in [2.24, 2.45) is 0 Å². The van der Waals surface area contributed by atoms with E-state index in [1.165, 1.54) is 0 Å². The number of hydrogen-bond donors (Lipinski definition) is 1. The van der Waals surface area contributed by atoms with E-state index < -0.39 is 0 Å². The highest BCUT2D eigenvalue weighted by molar-refractivity contribution is 5.44. The molecule has 1 N–H and O–H groups in total. The van der Waals surface area contributed by atoms with E-state index in [1.807, 2.05) is 25.1 Å². The standard InChI is InChI=1S/C12H18O3/c1-3-15-12-8-4-7-11(14-2)10(12)6-5-9-13/h4,7-8,13H,3,5-6,9H2,1-2H3. The number of rotatable bonds is 6. The molecule has 0 saturated carbocycles. The van der Waals surface area contributed by atoms with E-state index in [0.717, 1.165) is 29.9 Å². The van der Waals surface area contributed by atoms with Gasteiger partial charge in [0.25, 0.3) is 0 Å². The first-order valence-corrected chi connectivity index (χ1v) is 5.23. The summed E-state index contributed by atoms with van der Waals surface area (Å²) in [4.78, 5) is 0. The van der Waals surface area contributed by atoms with Gasteiger partial charge in [-0.05, 0) is 31.9 Å². The van der Waals surface area contributed by atoms with Crippen molar-refractivity contribution in [1.29, 1.82) is 0 Å². The van der Waals surface area contributed by atoms with Crippen LogP contribution in [0.3, 0.4) is 0 Å². The number of aliphatic hydroxyl groups excluding tert-OH is 1. The summed E-state index contributed by atoms with van der Waals surface area (Å²) in [5.41, 5.74) is 1.04. The van der Waals surface area contributed by atoms with E-state index in [9.17, 15) is 0 Å². The second-order valence-electron chi connectivity index (χ2n) is 3.20. The number of methoxy groups -OCH3 is 1. The smallest absolute Gasteiger partial charge is 0.126 e. The first-order valence-electron chi connectivity index (χ1n) is 5.23. The highest BCUT2D eigenvalue weighted by Gasteiger charge is 2.09. The zero-order valence-electron chi connectivity index (χ0n) is 9.32. The molecule has 0 spiro atoms. The molecule has 0 aliphatic heterocycles. The van der Waals surface area contributed by atoms with Crippen LogP contribution in [0.4, 0.5) is 0 Å². The Morgan fingerprint density at radius 3 is 2.60 bits per heavy atom. The second kappa shape index (κ2) is 6.30. The fourth-order valence-corrected chi connectivity index (χ4v) is 1.53. The lowest BCUT2D eigenvalue weighted by molar-refractivity contribution is 0.285. The highest BCUT2D eigenvalue weighted by atomic mass is 16.5. The molecule has 0 radical (unpaired) electrons. The van der Waals surface area contributed by atoms with Gasteiger partial charge >= 0.3 is 0 Å². The van der Waals surface area contributed by atoms with Crippen molar-refractivity contribution >= 4 is 0 Å². The Labute approximate surface area is 90.6 Å². The topological polar surface area (TPSA) is 38.7 Å². The van der Waals surface area contributed by atoms with Gasteiger partial charge in [-0.3, -0.25) is 0 Å². The zero-order chi connectivity index (χ0) is 11.1. The van der Waals surface area contributed by atoms with E-state index in [4.69, 9.17) is 14.6 Å². The Kier molecular flexibility index (Phi) is 4.98. The Morgan fingerprint density at radius 1 is 1.27 bits per heavy atom. The first kappa shape index (κ1) is 11.9. The minimum Gasteiger partial charge on any atom is -0.496 e.